The van der Waals surface area contributed by atoms with Crippen LogP contribution in [0, 0.1) is 0 Å². The molecule has 3 rings (SSSR count). The van der Waals surface area contributed by atoms with Gasteiger partial charge in [0.15, 0.2) is 0 Å². The van der Waals surface area contributed by atoms with Crippen LogP contribution < -0.4 is 10.1 Å². The van der Waals surface area contributed by atoms with Gasteiger partial charge in [-0.25, -0.2) is 0 Å². The molecule has 0 spiro atoms. The Morgan fingerprint density at radius 1 is 0.844 bits per heavy atom. The van der Waals surface area contributed by atoms with E-state index in [4.69, 9.17) is 4.74 Å². The summed E-state index contributed by atoms with van der Waals surface area (Å²) < 4.78 is 5.13. The minimum Gasteiger partial charge on any atom is -0.497 e. The number of benzene rings is 3. The largest absolute Gasteiger partial charge is 0.497 e. The second-order valence-electron chi connectivity index (χ2n) is 7.83. The zero-order valence-corrected chi connectivity index (χ0v) is 19.5. The van der Waals surface area contributed by atoms with Crippen LogP contribution in [-0.4, -0.2) is 29.4 Å². The van der Waals surface area contributed by atoms with Crippen molar-refractivity contribution in [3.05, 3.63) is 90.0 Å². The zero-order chi connectivity index (χ0) is 22.9. The lowest BCUT2D eigenvalue weighted by atomic mass is 10.0. The molecule has 0 aliphatic heterocycles. The van der Waals surface area contributed by atoms with Gasteiger partial charge < -0.3 is 10.1 Å². The summed E-state index contributed by atoms with van der Waals surface area (Å²) in [5.74, 6) is 0.582. The number of rotatable bonds is 9. The molecule has 2 atom stereocenters. The highest BCUT2D eigenvalue weighted by Gasteiger charge is 2.19. The van der Waals surface area contributed by atoms with Crippen molar-refractivity contribution in [3.8, 4) is 16.9 Å². The Bertz CT molecular complexity index is 1020. The van der Waals surface area contributed by atoms with Crippen LogP contribution in [0.2, 0.25) is 0 Å². The maximum atomic E-state index is 12.6. The summed E-state index contributed by atoms with van der Waals surface area (Å²) in [6, 6.07) is 25.5. The average molecular weight is 448 g/mol. The van der Waals surface area contributed by atoms with E-state index in [0.717, 1.165) is 17.7 Å². The Morgan fingerprint density at radius 2 is 1.44 bits per heavy atom. The van der Waals surface area contributed by atoms with Gasteiger partial charge in [0, 0.05) is 5.25 Å². The van der Waals surface area contributed by atoms with Gasteiger partial charge in [0.2, 0.25) is 11.0 Å². The predicted octanol–water partition coefficient (Wildman–Crippen LogP) is 5.30. The van der Waals surface area contributed by atoms with Crippen molar-refractivity contribution >= 4 is 22.8 Å². The van der Waals surface area contributed by atoms with Gasteiger partial charge in [-0.3, -0.25) is 9.59 Å². The van der Waals surface area contributed by atoms with Crippen molar-refractivity contribution in [2.24, 2.45) is 0 Å². The first-order valence-electron chi connectivity index (χ1n) is 10.7. The lowest BCUT2D eigenvalue weighted by Crippen LogP contribution is -2.38. The van der Waals surface area contributed by atoms with Gasteiger partial charge in [-0.2, -0.15) is 0 Å². The third-order valence-corrected chi connectivity index (χ3v) is 6.31. The number of thioether (sulfide) groups is 1. The van der Waals surface area contributed by atoms with E-state index in [1.165, 1.54) is 28.5 Å². The zero-order valence-electron chi connectivity index (χ0n) is 18.7. The molecular weight excluding hydrogens is 418 g/mol. The highest BCUT2D eigenvalue weighted by Crippen LogP contribution is 2.22. The maximum Gasteiger partial charge on any atom is 0.225 e. The molecular formula is C27H29NO3S. The summed E-state index contributed by atoms with van der Waals surface area (Å²) in [6.45, 7) is 3.78. The summed E-state index contributed by atoms with van der Waals surface area (Å²) in [6.07, 6.45) is 1.02. The molecule has 0 heterocycles. The molecule has 1 N–H and O–H groups in total. The average Bonchev–Trinajstić information content (AvgIpc) is 2.80. The van der Waals surface area contributed by atoms with Gasteiger partial charge in [-0.05, 0) is 47.7 Å². The molecule has 0 radical (unpaired) electrons. The first kappa shape index (κ1) is 23.6. The highest BCUT2D eigenvalue weighted by atomic mass is 32.2. The number of hydrogen-bond donors (Lipinski definition) is 1. The topological polar surface area (TPSA) is 55.4 Å². The van der Waals surface area contributed by atoms with Gasteiger partial charge >= 0.3 is 0 Å². The Morgan fingerprint density at radius 3 is 2.06 bits per heavy atom. The van der Waals surface area contributed by atoms with Crippen LogP contribution in [0.15, 0.2) is 78.9 Å². The molecule has 0 bridgehead atoms. The number of hydrogen-bond acceptors (Lipinski definition) is 4. The summed E-state index contributed by atoms with van der Waals surface area (Å²) in [5, 5.41) is 2.90. The molecule has 166 valence electrons. The van der Waals surface area contributed by atoms with Gasteiger partial charge in [0.25, 0.3) is 0 Å². The van der Waals surface area contributed by atoms with Crippen LogP contribution in [-0.2, 0) is 22.4 Å². The van der Waals surface area contributed by atoms with E-state index >= 15 is 0 Å². The van der Waals surface area contributed by atoms with Crippen LogP contribution in [0.25, 0.3) is 11.1 Å². The van der Waals surface area contributed by atoms with Gasteiger partial charge in [-0.15, -0.1) is 0 Å². The van der Waals surface area contributed by atoms with E-state index in [1.54, 1.807) is 14.0 Å². The molecule has 5 heteroatoms. The first-order valence-corrected chi connectivity index (χ1v) is 11.6. The van der Waals surface area contributed by atoms with Crippen molar-refractivity contribution in [1.82, 2.24) is 5.32 Å². The fourth-order valence-electron chi connectivity index (χ4n) is 3.42. The van der Waals surface area contributed by atoms with E-state index in [2.05, 4.69) is 41.7 Å². The normalized spacial score (nSPS) is 12.6. The summed E-state index contributed by atoms with van der Waals surface area (Å²) in [7, 11) is 1.60. The molecule has 1 amide bonds. The van der Waals surface area contributed by atoms with Crippen LogP contribution in [0.5, 0.6) is 5.75 Å². The Hall–Kier alpha value is -3.05. The minimum absolute atomic E-state index is 0.0264. The van der Waals surface area contributed by atoms with Crippen LogP contribution in [0.4, 0.5) is 0 Å². The highest BCUT2D eigenvalue weighted by molar-refractivity contribution is 8.14. The van der Waals surface area contributed by atoms with Crippen LogP contribution in [0.3, 0.4) is 0 Å². The Labute approximate surface area is 194 Å². The third-order valence-electron chi connectivity index (χ3n) is 5.16. The lowest BCUT2D eigenvalue weighted by molar-refractivity contribution is -0.123. The number of nitrogens with one attached hydrogen (secondary N) is 1. The number of carbonyl (C=O) groups is 2. The fourth-order valence-corrected chi connectivity index (χ4v) is 4.35. The third kappa shape index (κ3) is 6.99. The van der Waals surface area contributed by atoms with Crippen molar-refractivity contribution in [3.63, 3.8) is 0 Å². The first-order chi connectivity index (χ1) is 15.4. The Balaban J connectivity index is 1.46. The number of methoxy groups -OCH3 is 1. The minimum atomic E-state index is -0.534. The molecule has 0 aliphatic carbocycles. The van der Waals surface area contributed by atoms with Crippen molar-refractivity contribution < 1.29 is 14.3 Å². The molecule has 0 fully saturated rings. The van der Waals surface area contributed by atoms with E-state index in [-0.39, 0.29) is 22.7 Å². The van der Waals surface area contributed by atoms with Crippen molar-refractivity contribution in [1.29, 1.82) is 0 Å². The van der Waals surface area contributed by atoms with Gasteiger partial charge in [0.1, 0.15) is 5.75 Å². The summed E-state index contributed by atoms with van der Waals surface area (Å²) in [5.41, 5.74) is 4.44. The van der Waals surface area contributed by atoms with Gasteiger partial charge in [-0.1, -0.05) is 85.4 Å². The molecule has 0 aliphatic rings. The van der Waals surface area contributed by atoms with Crippen LogP contribution in [0.1, 0.15) is 25.0 Å². The van der Waals surface area contributed by atoms with Crippen molar-refractivity contribution in [2.75, 3.05) is 7.11 Å². The quantitative estimate of drug-likeness (QED) is 0.484. The van der Waals surface area contributed by atoms with Gasteiger partial charge in [0.05, 0.1) is 19.6 Å². The van der Waals surface area contributed by atoms with E-state index < -0.39 is 6.04 Å². The summed E-state index contributed by atoms with van der Waals surface area (Å²) in [4.78, 5) is 24.9. The molecule has 0 saturated heterocycles. The number of amides is 1. The Kier molecular flexibility index (Phi) is 8.51. The maximum absolute atomic E-state index is 12.6. The second kappa shape index (κ2) is 11.5. The monoisotopic (exact) mass is 447 g/mol. The van der Waals surface area contributed by atoms with E-state index in [1.807, 2.05) is 49.4 Å². The molecule has 3 aromatic carbocycles. The fraction of sp³-hybridized carbons (Fsp3) is 0.259. The molecule has 0 saturated carbocycles. The molecule has 32 heavy (non-hydrogen) atoms. The number of carbonyl (C=O) groups excluding carboxylic acids is 2. The summed E-state index contributed by atoms with van der Waals surface area (Å²) >= 11 is 1.29. The molecule has 0 aromatic heterocycles. The van der Waals surface area contributed by atoms with E-state index in [0.29, 0.717) is 0 Å². The second-order valence-corrected chi connectivity index (χ2v) is 9.27. The lowest BCUT2D eigenvalue weighted by Gasteiger charge is -2.16. The van der Waals surface area contributed by atoms with E-state index in [9.17, 15) is 9.59 Å². The molecule has 4 nitrogen and oxygen atoms in total. The van der Waals surface area contributed by atoms with Crippen LogP contribution >= 0.6 is 11.8 Å². The van der Waals surface area contributed by atoms with Crippen molar-refractivity contribution in [2.45, 2.75) is 38.0 Å². The number of ether oxygens (including phenoxy) is 1. The standard InChI is InChI=1S/C27H29NO3S/c1-19(17-21-9-13-24(14-10-21)23-7-5-4-6-8-23)32-27(30)20(2)28-26(29)18-22-11-15-25(31-3)16-12-22/h4-16,19-20H,17-18H2,1-3H3,(H,28,29)/t19-,20+/m0/s1. The molecule has 3 aromatic rings. The predicted molar refractivity (Wildman–Crippen MR) is 132 cm³/mol. The smallest absolute Gasteiger partial charge is 0.225 e. The SMILES string of the molecule is COc1ccc(CC(=O)N[C@H](C)C(=O)S[C@@H](C)Cc2ccc(-c3ccccc3)cc2)cc1. The molecule has 0 unspecified atom stereocenters.